The maximum absolute atomic E-state index is 9.60. The van der Waals surface area contributed by atoms with Gasteiger partial charge in [0, 0.05) is 22.4 Å². The lowest BCUT2D eigenvalue weighted by Gasteiger charge is -2.29. The number of nitrogens with zero attached hydrogens (tertiary/aromatic N) is 5. The minimum atomic E-state index is -0.288. The molecule has 0 bridgehead atoms. The summed E-state index contributed by atoms with van der Waals surface area (Å²) in [6, 6.07) is 17.9. The first kappa shape index (κ1) is 19.2. The van der Waals surface area contributed by atoms with Gasteiger partial charge in [-0.15, -0.1) is 0 Å². The van der Waals surface area contributed by atoms with Crippen LogP contribution < -0.4 is 5.73 Å². The van der Waals surface area contributed by atoms with Crippen molar-refractivity contribution in [2.75, 3.05) is 5.73 Å². The first-order valence-corrected chi connectivity index (χ1v) is 10.8. The van der Waals surface area contributed by atoms with Crippen molar-refractivity contribution >= 4 is 33.8 Å². The highest BCUT2D eigenvalue weighted by molar-refractivity contribution is 6.34. The number of aromatic nitrogens is 5. The van der Waals surface area contributed by atoms with Gasteiger partial charge in [-0.05, 0) is 31.0 Å². The molecule has 0 amide bonds. The Balaban J connectivity index is 1.47. The third-order valence-electron chi connectivity index (χ3n) is 6.02. The lowest BCUT2D eigenvalue weighted by molar-refractivity contribution is 0.0713. The van der Waals surface area contributed by atoms with Gasteiger partial charge in [-0.1, -0.05) is 48.0 Å². The SMILES string of the molecule is Nc1nc(C2CC(O)C2)nn2cnc(-c3cc4nc(-c5ccccc5)ccc4cc3Cl)c12. The predicted octanol–water partition coefficient (Wildman–Crippen LogP) is 4.48. The Labute approximate surface area is 188 Å². The van der Waals surface area contributed by atoms with E-state index in [2.05, 4.69) is 15.1 Å². The number of aliphatic hydroxyl groups excluding tert-OH is 1. The summed E-state index contributed by atoms with van der Waals surface area (Å²) >= 11 is 6.65. The molecule has 0 radical (unpaired) electrons. The van der Waals surface area contributed by atoms with Crippen LogP contribution in [0.15, 0.2) is 60.9 Å². The third kappa shape index (κ3) is 3.09. The first-order chi connectivity index (χ1) is 15.6. The van der Waals surface area contributed by atoms with Crippen molar-refractivity contribution in [2.24, 2.45) is 0 Å². The summed E-state index contributed by atoms with van der Waals surface area (Å²) in [5.41, 5.74) is 11.0. The van der Waals surface area contributed by atoms with E-state index in [0.29, 0.717) is 40.7 Å². The molecule has 3 heterocycles. The van der Waals surface area contributed by atoms with E-state index in [1.165, 1.54) is 0 Å². The molecule has 1 fully saturated rings. The summed E-state index contributed by atoms with van der Waals surface area (Å²) in [7, 11) is 0. The highest BCUT2D eigenvalue weighted by atomic mass is 35.5. The lowest BCUT2D eigenvalue weighted by Crippen LogP contribution is -2.28. The molecule has 2 aromatic carbocycles. The number of nitrogens with two attached hydrogens (primary N) is 1. The number of benzene rings is 2. The van der Waals surface area contributed by atoms with E-state index < -0.39 is 0 Å². The average Bonchev–Trinajstić information content (AvgIpc) is 3.21. The normalized spacial score (nSPS) is 18.2. The van der Waals surface area contributed by atoms with Crippen LogP contribution in [0.2, 0.25) is 5.02 Å². The quantitative estimate of drug-likeness (QED) is 0.427. The van der Waals surface area contributed by atoms with Crippen molar-refractivity contribution in [3.8, 4) is 22.5 Å². The van der Waals surface area contributed by atoms with E-state index in [1.54, 1.807) is 10.8 Å². The Morgan fingerprint density at radius 3 is 2.62 bits per heavy atom. The predicted molar refractivity (Wildman–Crippen MR) is 124 cm³/mol. The topological polar surface area (TPSA) is 102 Å². The van der Waals surface area contributed by atoms with Gasteiger partial charge in [0.2, 0.25) is 0 Å². The highest BCUT2D eigenvalue weighted by Crippen LogP contribution is 2.38. The van der Waals surface area contributed by atoms with Crippen LogP contribution in [0.1, 0.15) is 24.6 Å². The number of rotatable bonds is 3. The Bertz CT molecular complexity index is 1480. The van der Waals surface area contributed by atoms with Crippen LogP contribution in [-0.2, 0) is 0 Å². The number of nitrogen functional groups attached to an aromatic ring is 1. The number of imidazole rings is 1. The summed E-state index contributed by atoms with van der Waals surface area (Å²) < 4.78 is 1.64. The number of halogens is 1. The lowest BCUT2D eigenvalue weighted by atomic mass is 9.82. The molecular formula is C24H19ClN6O. The van der Waals surface area contributed by atoms with Gasteiger partial charge in [0.1, 0.15) is 17.5 Å². The average molecular weight is 443 g/mol. The molecule has 8 heteroatoms. The molecule has 6 rings (SSSR count). The summed E-state index contributed by atoms with van der Waals surface area (Å²) in [4.78, 5) is 13.9. The molecule has 7 nitrogen and oxygen atoms in total. The fourth-order valence-electron chi connectivity index (χ4n) is 4.23. The first-order valence-electron chi connectivity index (χ1n) is 10.4. The molecule has 0 aliphatic heterocycles. The molecule has 1 saturated carbocycles. The molecule has 1 aliphatic carbocycles. The fourth-order valence-corrected chi connectivity index (χ4v) is 4.49. The molecule has 0 atom stereocenters. The zero-order valence-electron chi connectivity index (χ0n) is 17.0. The molecule has 1 aliphatic rings. The molecule has 0 saturated heterocycles. The minimum absolute atomic E-state index is 0.118. The third-order valence-corrected chi connectivity index (χ3v) is 6.33. The molecular weight excluding hydrogens is 424 g/mol. The van der Waals surface area contributed by atoms with Gasteiger partial charge in [0.05, 0.1) is 22.3 Å². The molecule has 3 aromatic heterocycles. The number of anilines is 1. The van der Waals surface area contributed by atoms with Gasteiger partial charge in [0.25, 0.3) is 0 Å². The van der Waals surface area contributed by atoms with E-state index in [4.69, 9.17) is 22.3 Å². The van der Waals surface area contributed by atoms with Gasteiger partial charge >= 0.3 is 0 Å². The van der Waals surface area contributed by atoms with E-state index >= 15 is 0 Å². The van der Waals surface area contributed by atoms with Gasteiger partial charge < -0.3 is 10.8 Å². The van der Waals surface area contributed by atoms with Gasteiger partial charge in [0.15, 0.2) is 11.6 Å². The molecule has 158 valence electrons. The summed E-state index contributed by atoms with van der Waals surface area (Å²) in [6.45, 7) is 0. The summed E-state index contributed by atoms with van der Waals surface area (Å²) in [6.07, 6.45) is 2.63. The van der Waals surface area contributed by atoms with Gasteiger partial charge in [-0.25, -0.2) is 19.5 Å². The number of fused-ring (bicyclic) bond motifs is 2. The van der Waals surface area contributed by atoms with Crippen molar-refractivity contribution in [2.45, 2.75) is 24.9 Å². The van der Waals surface area contributed by atoms with Crippen molar-refractivity contribution in [3.05, 3.63) is 71.8 Å². The molecule has 3 N–H and O–H groups in total. The maximum Gasteiger partial charge on any atom is 0.155 e. The van der Waals surface area contributed by atoms with Crippen molar-refractivity contribution in [1.82, 2.24) is 24.6 Å². The molecule has 5 aromatic rings. The molecule has 0 spiro atoms. The van der Waals surface area contributed by atoms with Gasteiger partial charge in [-0.2, -0.15) is 5.10 Å². The maximum atomic E-state index is 9.60. The second-order valence-electron chi connectivity index (χ2n) is 8.15. The monoisotopic (exact) mass is 442 g/mol. The van der Waals surface area contributed by atoms with Gasteiger partial charge in [-0.3, -0.25) is 0 Å². The standard InChI is InChI=1S/C24H19ClN6O/c25-18-10-14-6-7-19(13-4-2-1-3-5-13)28-20(14)11-17(18)21-22-23(26)29-24(15-8-16(32)9-15)30-31(22)12-27-21/h1-7,10-12,15-16,32H,8-9H2,(H2,26,29,30). The Hall–Kier alpha value is -3.55. The Kier molecular flexibility index (Phi) is 4.34. The largest absolute Gasteiger partial charge is 0.393 e. The minimum Gasteiger partial charge on any atom is -0.393 e. The fraction of sp³-hybridized carbons (Fsp3) is 0.167. The second-order valence-corrected chi connectivity index (χ2v) is 8.56. The molecule has 0 unspecified atom stereocenters. The van der Waals surface area contributed by atoms with Crippen molar-refractivity contribution < 1.29 is 5.11 Å². The summed E-state index contributed by atoms with van der Waals surface area (Å²) in [5, 5.41) is 15.7. The summed E-state index contributed by atoms with van der Waals surface area (Å²) in [5.74, 6) is 1.08. The van der Waals surface area contributed by atoms with Crippen molar-refractivity contribution in [3.63, 3.8) is 0 Å². The zero-order chi connectivity index (χ0) is 21.8. The van der Waals surface area contributed by atoms with E-state index in [-0.39, 0.29) is 12.0 Å². The van der Waals surface area contributed by atoms with E-state index in [0.717, 1.165) is 27.7 Å². The van der Waals surface area contributed by atoms with Crippen molar-refractivity contribution in [1.29, 1.82) is 0 Å². The highest BCUT2D eigenvalue weighted by Gasteiger charge is 2.32. The van der Waals surface area contributed by atoms with Crippen LogP contribution in [0.25, 0.3) is 38.9 Å². The number of aliphatic hydroxyl groups is 1. The van der Waals surface area contributed by atoms with Crippen LogP contribution in [0.3, 0.4) is 0 Å². The zero-order valence-corrected chi connectivity index (χ0v) is 17.7. The number of hydrogen-bond acceptors (Lipinski definition) is 6. The van der Waals surface area contributed by atoms with Crippen LogP contribution in [0.5, 0.6) is 0 Å². The Morgan fingerprint density at radius 2 is 1.84 bits per heavy atom. The van der Waals surface area contributed by atoms with Crippen LogP contribution in [0, 0.1) is 0 Å². The Morgan fingerprint density at radius 1 is 1.03 bits per heavy atom. The number of pyridine rings is 1. The van der Waals surface area contributed by atoms with Crippen LogP contribution in [-0.4, -0.2) is 35.8 Å². The smallest absolute Gasteiger partial charge is 0.155 e. The van der Waals surface area contributed by atoms with E-state index in [1.807, 2.05) is 54.6 Å². The molecule has 32 heavy (non-hydrogen) atoms. The van der Waals surface area contributed by atoms with Crippen LogP contribution in [0.4, 0.5) is 5.82 Å². The number of hydrogen-bond donors (Lipinski definition) is 2. The van der Waals surface area contributed by atoms with E-state index in [9.17, 15) is 5.11 Å². The van der Waals surface area contributed by atoms with Crippen LogP contribution >= 0.6 is 11.6 Å². The second kappa shape index (κ2) is 7.25.